The second-order valence-corrected chi connectivity index (χ2v) is 3.66. The average Bonchev–Trinajstić information content (AvgIpc) is 2.39. The molecule has 0 radical (unpaired) electrons. The number of nitrogens with one attached hydrogen (secondary N) is 1. The molecule has 1 aromatic heterocycles. The third-order valence-electron chi connectivity index (χ3n) is 2.30. The van der Waals surface area contributed by atoms with Crippen LogP contribution >= 0.6 is 0 Å². The van der Waals surface area contributed by atoms with Crippen LogP contribution in [0.4, 0.5) is 16.0 Å². The van der Waals surface area contributed by atoms with E-state index < -0.39 is 5.95 Å². The predicted octanol–water partition coefficient (Wildman–Crippen LogP) is 2.77. The van der Waals surface area contributed by atoms with Gasteiger partial charge in [-0.25, -0.2) is 4.98 Å². The highest BCUT2D eigenvalue weighted by Gasteiger charge is 2.04. The van der Waals surface area contributed by atoms with Crippen LogP contribution < -0.4 is 14.8 Å². The van der Waals surface area contributed by atoms with Crippen molar-refractivity contribution in [1.82, 2.24) is 9.97 Å². The van der Waals surface area contributed by atoms with Gasteiger partial charge in [-0.3, -0.25) is 0 Å². The molecule has 0 atom stereocenters. The topological polar surface area (TPSA) is 56.3 Å². The third-order valence-corrected chi connectivity index (χ3v) is 2.30. The standard InChI is InChI=1S/C13H14FN3O2/c1-3-19-11-7-9(6-10(8-11)18-2)16-13-15-5-4-12(14)17-13/h4-8H,3H2,1-2H3,(H,15,16,17). The van der Waals surface area contributed by atoms with E-state index in [0.29, 0.717) is 23.8 Å². The van der Waals surface area contributed by atoms with Crippen molar-refractivity contribution in [2.75, 3.05) is 19.0 Å². The Labute approximate surface area is 110 Å². The lowest BCUT2D eigenvalue weighted by atomic mass is 10.3. The summed E-state index contributed by atoms with van der Waals surface area (Å²) in [5, 5.41) is 2.90. The van der Waals surface area contributed by atoms with E-state index in [1.807, 2.05) is 6.92 Å². The monoisotopic (exact) mass is 263 g/mol. The van der Waals surface area contributed by atoms with Gasteiger partial charge in [0.25, 0.3) is 0 Å². The highest BCUT2D eigenvalue weighted by atomic mass is 19.1. The van der Waals surface area contributed by atoms with Crippen LogP contribution in [0.3, 0.4) is 0 Å². The molecule has 1 heterocycles. The lowest BCUT2D eigenvalue weighted by molar-refractivity contribution is 0.336. The van der Waals surface area contributed by atoms with E-state index in [1.54, 1.807) is 25.3 Å². The van der Waals surface area contributed by atoms with E-state index in [4.69, 9.17) is 9.47 Å². The highest BCUT2D eigenvalue weighted by Crippen LogP contribution is 2.27. The molecule has 100 valence electrons. The fourth-order valence-electron chi connectivity index (χ4n) is 1.54. The zero-order chi connectivity index (χ0) is 13.7. The summed E-state index contributed by atoms with van der Waals surface area (Å²) in [6, 6.07) is 6.46. The van der Waals surface area contributed by atoms with Gasteiger partial charge in [-0.2, -0.15) is 9.37 Å². The molecule has 2 rings (SSSR count). The van der Waals surface area contributed by atoms with Gasteiger partial charge in [0.2, 0.25) is 11.9 Å². The molecular weight excluding hydrogens is 249 g/mol. The van der Waals surface area contributed by atoms with Crippen molar-refractivity contribution in [3.63, 3.8) is 0 Å². The van der Waals surface area contributed by atoms with Gasteiger partial charge in [0.1, 0.15) is 11.5 Å². The number of methoxy groups -OCH3 is 1. The summed E-state index contributed by atoms with van der Waals surface area (Å²) in [6.45, 7) is 2.44. The molecule has 0 aliphatic carbocycles. The van der Waals surface area contributed by atoms with Crippen molar-refractivity contribution >= 4 is 11.6 Å². The van der Waals surface area contributed by atoms with E-state index in [1.165, 1.54) is 12.3 Å². The Bertz CT molecular complexity index is 563. The van der Waals surface area contributed by atoms with E-state index in [9.17, 15) is 4.39 Å². The van der Waals surface area contributed by atoms with Gasteiger partial charge >= 0.3 is 0 Å². The molecule has 0 fully saturated rings. The number of halogens is 1. The Hall–Kier alpha value is -2.37. The Kier molecular flexibility index (Phi) is 4.12. The van der Waals surface area contributed by atoms with Gasteiger partial charge < -0.3 is 14.8 Å². The first-order chi connectivity index (χ1) is 9.21. The number of aromatic nitrogens is 2. The number of rotatable bonds is 5. The lowest BCUT2D eigenvalue weighted by Gasteiger charge is -2.10. The van der Waals surface area contributed by atoms with Gasteiger partial charge in [0.15, 0.2) is 0 Å². The minimum absolute atomic E-state index is 0.177. The van der Waals surface area contributed by atoms with E-state index >= 15 is 0 Å². The van der Waals surface area contributed by atoms with Crippen LogP contribution in [-0.2, 0) is 0 Å². The number of benzene rings is 1. The summed E-state index contributed by atoms with van der Waals surface area (Å²) in [5.74, 6) is 0.867. The Balaban J connectivity index is 2.26. The molecule has 1 aromatic carbocycles. The largest absolute Gasteiger partial charge is 0.497 e. The number of ether oxygens (including phenoxy) is 2. The van der Waals surface area contributed by atoms with Crippen LogP contribution in [0.25, 0.3) is 0 Å². The quantitative estimate of drug-likeness (QED) is 0.840. The van der Waals surface area contributed by atoms with Gasteiger partial charge in [-0.1, -0.05) is 0 Å². The number of nitrogens with zero attached hydrogens (tertiary/aromatic N) is 2. The van der Waals surface area contributed by atoms with Crippen LogP contribution in [0.1, 0.15) is 6.92 Å². The first-order valence-corrected chi connectivity index (χ1v) is 5.78. The zero-order valence-corrected chi connectivity index (χ0v) is 10.7. The van der Waals surface area contributed by atoms with E-state index in [-0.39, 0.29) is 5.95 Å². The van der Waals surface area contributed by atoms with Crippen LogP contribution in [0.5, 0.6) is 11.5 Å². The molecule has 0 spiro atoms. The Morgan fingerprint density at radius 1 is 1.26 bits per heavy atom. The molecule has 2 aromatic rings. The molecular formula is C13H14FN3O2. The van der Waals surface area contributed by atoms with Crippen molar-refractivity contribution in [2.24, 2.45) is 0 Å². The fourth-order valence-corrected chi connectivity index (χ4v) is 1.54. The maximum Gasteiger partial charge on any atom is 0.229 e. The maximum absolute atomic E-state index is 13.0. The summed E-state index contributed by atoms with van der Waals surface area (Å²) in [4.78, 5) is 7.55. The number of hydrogen-bond donors (Lipinski definition) is 1. The maximum atomic E-state index is 13.0. The van der Waals surface area contributed by atoms with Crippen molar-refractivity contribution < 1.29 is 13.9 Å². The van der Waals surface area contributed by atoms with Gasteiger partial charge in [-0.05, 0) is 6.92 Å². The van der Waals surface area contributed by atoms with Crippen LogP contribution in [-0.4, -0.2) is 23.7 Å². The zero-order valence-electron chi connectivity index (χ0n) is 10.7. The first-order valence-electron chi connectivity index (χ1n) is 5.78. The van der Waals surface area contributed by atoms with Crippen molar-refractivity contribution in [1.29, 1.82) is 0 Å². The number of anilines is 2. The fraction of sp³-hybridized carbons (Fsp3) is 0.231. The molecule has 0 aliphatic rings. The Morgan fingerprint density at radius 3 is 2.74 bits per heavy atom. The van der Waals surface area contributed by atoms with Crippen LogP contribution in [0.2, 0.25) is 0 Å². The Morgan fingerprint density at radius 2 is 2.05 bits per heavy atom. The van der Waals surface area contributed by atoms with Crippen molar-refractivity contribution in [3.8, 4) is 11.5 Å². The average molecular weight is 263 g/mol. The summed E-state index contributed by atoms with van der Waals surface area (Å²) >= 11 is 0. The summed E-state index contributed by atoms with van der Waals surface area (Å²) < 4.78 is 23.6. The van der Waals surface area contributed by atoms with Gasteiger partial charge in [0, 0.05) is 36.1 Å². The molecule has 0 amide bonds. The summed E-state index contributed by atoms with van der Waals surface area (Å²) in [7, 11) is 1.56. The molecule has 0 saturated carbocycles. The van der Waals surface area contributed by atoms with E-state index in [2.05, 4.69) is 15.3 Å². The number of hydrogen-bond acceptors (Lipinski definition) is 5. The van der Waals surface area contributed by atoms with Gasteiger partial charge in [-0.15, -0.1) is 0 Å². The molecule has 0 saturated heterocycles. The molecule has 0 bridgehead atoms. The molecule has 5 nitrogen and oxygen atoms in total. The molecule has 6 heteroatoms. The third kappa shape index (κ3) is 3.54. The summed E-state index contributed by atoms with van der Waals surface area (Å²) in [6.07, 6.45) is 1.34. The highest BCUT2D eigenvalue weighted by molar-refractivity contribution is 5.59. The van der Waals surface area contributed by atoms with Crippen LogP contribution in [0, 0.1) is 5.95 Å². The van der Waals surface area contributed by atoms with Crippen molar-refractivity contribution in [3.05, 3.63) is 36.4 Å². The minimum Gasteiger partial charge on any atom is -0.497 e. The van der Waals surface area contributed by atoms with Crippen molar-refractivity contribution in [2.45, 2.75) is 6.92 Å². The molecule has 0 unspecified atom stereocenters. The second-order valence-electron chi connectivity index (χ2n) is 3.66. The second kappa shape index (κ2) is 5.99. The molecule has 19 heavy (non-hydrogen) atoms. The van der Waals surface area contributed by atoms with Gasteiger partial charge in [0.05, 0.1) is 13.7 Å². The SMILES string of the molecule is CCOc1cc(Nc2nccc(F)n2)cc(OC)c1. The predicted molar refractivity (Wildman–Crippen MR) is 69.4 cm³/mol. The molecule has 1 N–H and O–H groups in total. The van der Waals surface area contributed by atoms with Crippen LogP contribution in [0.15, 0.2) is 30.5 Å². The van der Waals surface area contributed by atoms with E-state index in [0.717, 1.165) is 0 Å². The summed E-state index contributed by atoms with van der Waals surface area (Å²) in [5.41, 5.74) is 0.661. The minimum atomic E-state index is -0.592. The molecule has 0 aliphatic heterocycles. The normalized spacial score (nSPS) is 10.1. The first kappa shape index (κ1) is 13.1. The lowest BCUT2D eigenvalue weighted by Crippen LogP contribution is -2.00. The smallest absolute Gasteiger partial charge is 0.229 e.